The normalized spacial score (nSPS) is 10.3. The van der Waals surface area contributed by atoms with Crippen LogP contribution in [0.2, 0.25) is 0 Å². The van der Waals surface area contributed by atoms with E-state index in [1.54, 1.807) is 30.3 Å². The Hall–Kier alpha value is -2.61. The van der Waals surface area contributed by atoms with Crippen molar-refractivity contribution >= 4 is 33.4 Å². The first-order valence-corrected chi connectivity index (χ1v) is 8.51. The van der Waals surface area contributed by atoms with Crippen LogP contribution < -0.4 is 20.1 Å². The van der Waals surface area contributed by atoms with Crippen LogP contribution >= 0.6 is 15.9 Å². The molecule has 0 spiro atoms. The van der Waals surface area contributed by atoms with E-state index in [0.717, 1.165) is 0 Å². The summed E-state index contributed by atoms with van der Waals surface area (Å²) >= 11 is 3.15. The summed E-state index contributed by atoms with van der Waals surface area (Å²) in [5.74, 6) is -1.18. The molecule has 0 fully saturated rings. The van der Waals surface area contributed by atoms with Gasteiger partial charge in [-0.05, 0) is 30.3 Å². The molecule has 138 valence electrons. The number of benzene rings is 2. The Morgan fingerprint density at radius 1 is 1.19 bits per heavy atom. The number of rotatable bonds is 8. The summed E-state index contributed by atoms with van der Waals surface area (Å²) in [7, 11) is 1.48. The molecule has 2 aromatic rings. The molecule has 0 aromatic heterocycles. The van der Waals surface area contributed by atoms with E-state index >= 15 is 0 Å². The van der Waals surface area contributed by atoms with Gasteiger partial charge < -0.3 is 20.1 Å². The summed E-state index contributed by atoms with van der Waals surface area (Å²) in [6.07, 6.45) is -0.0313. The Morgan fingerprint density at radius 2 is 1.92 bits per heavy atom. The molecule has 0 aliphatic heterocycles. The maximum atomic E-state index is 13.8. The predicted molar refractivity (Wildman–Crippen MR) is 98.8 cm³/mol. The van der Waals surface area contributed by atoms with Gasteiger partial charge in [0.2, 0.25) is 5.91 Å². The largest absolute Gasteiger partial charge is 0.495 e. The van der Waals surface area contributed by atoms with Crippen molar-refractivity contribution in [2.45, 2.75) is 6.42 Å². The second-order valence-corrected chi connectivity index (χ2v) is 6.21. The monoisotopic (exact) mass is 424 g/mol. The molecule has 0 aliphatic carbocycles. The van der Waals surface area contributed by atoms with Gasteiger partial charge >= 0.3 is 0 Å². The molecular formula is C18H18BrFN2O4. The molecular weight excluding hydrogens is 407 g/mol. The van der Waals surface area contributed by atoms with Crippen LogP contribution in [0.3, 0.4) is 0 Å². The van der Waals surface area contributed by atoms with Crippen LogP contribution in [0.1, 0.15) is 6.42 Å². The lowest BCUT2D eigenvalue weighted by Gasteiger charge is -2.24. The highest BCUT2D eigenvalue weighted by Gasteiger charge is 2.21. The van der Waals surface area contributed by atoms with Gasteiger partial charge in [0.15, 0.2) is 18.2 Å². The zero-order valence-corrected chi connectivity index (χ0v) is 15.7. The second-order valence-electron chi connectivity index (χ2n) is 5.30. The number of methoxy groups -OCH3 is 1. The van der Waals surface area contributed by atoms with Crippen molar-refractivity contribution in [1.29, 1.82) is 0 Å². The number of ether oxygens (including phenoxy) is 2. The van der Waals surface area contributed by atoms with Crippen molar-refractivity contribution in [2.24, 2.45) is 5.73 Å². The first kappa shape index (κ1) is 19.7. The topological polar surface area (TPSA) is 81.9 Å². The van der Waals surface area contributed by atoms with E-state index in [1.165, 1.54) is 24.1 Å². The first-order chi connectivity index (χ1) is 12.4. The molecule has 6 nitrogen and oxygen atoms in total. The van der Waals surface area contributed by atoms with Gasteiger partial charge in [0, 0.05) is 17.4 Å². The van der Waals surface area contributed by atoms with Crippen LogP contribution in [-0.2, 0) is 9.59 Å². The molecule has 0 radical (unpaired) electrons. The first-order valence-electron chi connectivity index (χ1n) is 7.72. The maximum Gasteiger partial charge on any atom is 0.265 e. The summed E-state index contributed by atoms with van der Waals surface area (Å²) in [5.41, 5.74) is 5.67. The van der Waals surface area contributed by atoms with Crippen LogP contribution in [0, 0.1) is 5.82 Å². The second kappa shape index (κ2) is 9.19. The zero-order valence-electron chi connectivity index (χ0n) is 14.1. The van der Waals surface area contributed by atoms with Gasteiger partial charge in [-0.15, -0.1) is 0 Å². The van der Waals surface area contributed by atoms with Crippen molar-refractivity contribution in [3.05, 3.63) is 52.8 Å². The third kappa shape index (κ3) is 5.19. The number of nitrogens with zero attached hydrogens (tertiary/aromatic N) is 1. The highest BCUT2D eigenvalue weighted by atomic mass is 79.9. The lowest BCUT2D eigenvalue weighted by Crippen LogP contribution is -2.37. The fourth-order valence-corrected chi connectivity index (χ4v) is 2.60. The fourth-order valence-electron chi connectivity index (χ4n) is 2.26. The Morgan fingerprint density at radius 3 is 2.58 bits per heavy atom. The van der Waals surface area contributed by atoms with Gasteiger partial charge in [0.25, 0.3) is 5.91 Å². The third-order valence-corrected chi connectivity index (χ3v) is 4.00. The number of para-hydroxylation sites is 2. The van der Waals surface area contributed by atoms with E-state index in [-0.39, 0.29) is 18.7 Å². The molecule has 0 saturated heterocycles. The van der Waals surface area contributed by atoms with Gasteiger partial charge in [0.05, 0.1) is 12.8 Å². The summed E-state index contributed by atoms with van der Waals surface area (Å²) < 4.78 is 25.0. The minimum Gasteiger partial charge on any atom is -0.495 e. The number of halogens is 2. The average Bonchev–Trinajstić information content (AvgIpc) is 2.61. The Bertz CT molecular complexity index is 801. The van der Waals surface area contributed by atoms with Crippen LogP contribution in [0.25, 0.3) is 0 Å². The fraction of sp³-hybridized carbons (Fsp3) is 0.222. The number of anilines is 1. The van der Waals surface area contributed by atoms with E-state index < -0.39 is 24.2 Å². The van der Waals surface area contributed by atoms with E-state index in [4.69, 9.17) is 15.2 Å². The lowest BCUT2D eigenvalue weighted by molar-refractivity contribution is -0.120. The number of amides is 2. The third-order valence-electron chi connectivity index (χ3n) is 3.50. The Balaban J connectivity index is 2.18. The standard InChI is InChI=1S/C18H18BrFN2O4/c1-25-16-5-3-2-4-14(16)22(9-8-17(21)23)18(24)11-26-15-7-6-12(19)10-13(15)20/h2-7,10H,8-9,11H2,1H3,(H2,21,23). The molecule has 0 heterocycles. The van der Waals surface area contributed by atoms with Gasteiger partial charge in [0.1, 0.15) is 5.75 Å². The minimum atomic E-state index is -0.590. The predicted octanol–water partition coefficient (Wildman–Crippen LogP) is 2.88. The lowest BCUT2D eigenvalue weighted by atomic mass is 10.2. The number of nitrogens with two attached hydrogens (primary N) is 1. The van der Waals surface area contributed by atoms with E-state index in [2.05, 4.69) is 15.9 Å². The molecule has 0 saturated carbocycles. The van der Waals surface area contributed by atoms with Gasteiger partial charge in [-0.1, -0.05) is 28.1 Å². The molecule has 2 aromatic carbocycles. The molecule has 26 heavy (non-hydrogen) atoms. The summed E-state index contributed by atoms with van der Waals surface area (Å²) in [5, 5.41) is 0. The zero-order chi connectivity index (χ0) is 19.1. The van der Waals surface area contributed by atoms with Crippen LogP contribution in [0.4, 0.5) is 10.1 Å². The SMILES string of the molecule is COc1ccccc1N(CCC(N)=O)C(=O)COc1ccc(Br)cc1F. The molecule has 8 heteroatoms. The number of carbonyl (C=O) groups excluding carboxylic acids is 2. The van der Waals surface area contributed by atoms with Gasteiger partial charge in [-0.3, -0.25) is 9.59 Å². The highest BCUT2D eigenvalue weighted by Crippen LogP contribution is 2.28. The van der Waals surface area contributed by atoms with E-state index in [9.17, 15) is 14.0 Å². The van der Waals surface area contributed by atoms with E-state index in [1.807, 2.05) is 0 Å². The van der Waals surface area contributed by atoms with Crippen LogP contribution in [-0.4, -0.2) is 32.1 Å². The Labute approximate surface area is 158 Å². The molecule has 2 amide bonds. The molecule has 0 atom stereocenters. The number of hydrogen-bond donors (Lipinski definition) is 1. The van der Waals surface area contributed by atoms with Crippen molar-refractivity contribution in [1.82, 2.24) is 0 Å². The number of carbonyl (C=O) groups is 2. The van der Waals surface area contributed by atoms with Crippen molar-refractivity contribution in [2.75, 3.05) is 25.2 Å². The molecule has 0 aliphatic rings. The highest BCUT2D eigenvalue weighted by molar-refractivity contribution is 9.10. The van der Waals surface area contributed by atoms with Gasteiger partial charge in [-0.25, -0.2) is 4.39 Å². The molecule has 2 rings (SSSR count). The van der Waals surface area contributed by atoms with Crippen LogP contribution in [0.5, 0.6) is 11.5 Å². The van der Waals surface area contributed by atoms with Crippen LogP contribution in [0.15, 0.2) is 46.9 Å². The molecule has 2 N–H and O–H groups in total. The number of hydrogen-bond acceptors (Lipinski definition) is 4. The van der Waals surface area contributed by atoms with Crippen molar-refractivity contribution in [3.63, 3.8) is 0 Å². The summed E-state index contributed by atoms with van der Waals surface area (Å²) in [6.45, 7) is -0.351. The average molecular weight is 425 g/mol. The molecule has 0 bridgehead atoms. The van der Waals surface area contributed by atoms with E-state index in [0.29, 0.717) is 15.9 Å². The molecule has 0 unspecified atom stereocenters. The van der Waals surface area contributed by atoms with Crippen molar-refractivity contribution < 1.29 is 23.5 Å². The van der Waals surface area contributed by atoms with Gasteiger partial charge in [-0.2, -0.15) is 0 Å². The minimum absolute atomic E-state index is 0.0313. The van der Waals surface area contributed by atoms with Crippen molar-refractivity contribution in [3.8, 4) is 11.5 Å². The smallest absolute Gasteiger partial charge is 0.265 e. The summed E-state index contributed by atoms with van der Waals surface area (Å²) in [4.78, 5) is 25.1. The maximum absolute atomic E-state index is 13.8. The quantitative estimate of drug-likeness (QED) is 0.706. The number of primary amides is 1. The Kier molecular flexibility index (Phi) is 6.97. The summed E-state index contributed by atoms with van der Waals surface area (Å²) in [6, 6.07) is 11.1.